The van der Waals surface area contributed by atoms with Gasteiger partial charge in [-0.05, 0) is 37.0 Å². The monoisotopic (exact) mass is 280 g/mol. The summed E-state index contributed by atoms with van der Waals surface area (Å²) in [6.07, 6.45) is 1.01. The first-order valence-corrected chi connectivity index (χ1v) is 7.42. The smallest absolute Gasteiger partial charge is 0.119 e. The molecule has 0 spiro atoms. The lowest BCUT2D eigenvalue weighted by molar-refractivity contribution is 0.201. The van der Waals surface area contributed by atoms with Crippen LogP contribution in [0.4, 0.5) is 0 Å². The number of hydrogen-bond donors (Lipinski definition) is 3. The zero-order valence-corrected chi connectivity index (χ0v) is 12.8. The molecule has 0 fully saturated rings. The molecule has 0 aliphatic heterocycles. The van der Waals surface area contributed by atoms with Gasteiger partial charge >= 0.3 is 0 Å². The summed E-state index contributed by atoms with van der Waals surface area (Å²) in [6.45, 7) is 7.62. The Bertz CT molecular complexity index is 367. The van der Waals surface area contributed by atoms with E-state index in [0.29, 0.717) is 6.54 Å². The lowest BCUT2D eigenvalue weighted by atomic mass is 10.0. The van der Waals surface area contributed by atoms with E-state index in [1.165, 1.54) is 0 Å². The van der Waals surface area contributed by atoms with E-state index in [0.717, 1.165) is 24.3 Å². The molecule has 4 nitrogen and oxygen atoms in total. The van der Waals surface area contributed by atoms with Gasteiger partial charge < -0.3 is 20.9 Å². The van der Waals surface area contributed by atoms with Crippen LogP contribution in [0.5, 0.6) is 5.75 Å². The summed E-state index contributed by atoms with van der Waals surface area (Å²) in [7, 11) is 0. The number of benzene rings is 1. The van der Waals surface area contributed by atoms with Crippen LogP contribution in [0.3, 0.4) is 0 Å². The van der Waals surface area contributed by atoms with Crippen molar-refractivity contribution in [1.29, 1.82) is 0 Å². The van der Waals surface area contributed by atoms with Gasteiger partial charge in [0, 0.05) is 25.2 Å². The van der Waals surface area contributed by atoms with Crippen LogP contribution < -0.4 is 15.8 Å². The Hall–Kier alpha value is -1.10. The fourth-order valence-electron chi connectivity index (χ4n) is 1.96. The van der Waals surface area contributed by atoms with E-state index in [1.54, 1.807) is 0 Å². The van der Waals surface area contributed by atoms with Crippen molar-refractivity contribution in [3.63, 3.8) is 0 Å². The predicted molar refractivity (Wildman–Crippen MR) is 82.9 cm³/mol. The lowest BCUT2D eigenvalue weighted by Gasteiger charge is -2.26. The highest BCUT2D eigenvalue weighted by molar-refractivity contribution is 5.29. The minimum Gasteiger partial charge on any atom is -0.494 e. The molecular weight excluding hydrogens is 252 g/mol. The van der Waals surface area contributed by atoms with E-state index >= 15 is 0 Å². The molecule has 0 amide bonds. The van der Waals surface area contributed by atoms with Crippen molar-refractivity contribution in [2.45, 2.75) is 39.3 Å². The van der Waals surface area contributed by atoms with Gasteiger partial charge in [-0.25, -0.2) is 0 Å². The lowest BCUT2D eigenvalue weighted by Crippen LogP contribution is -2.39. The maximum atomic E-state index is 9.19. The second-order valence-corrected chi connectivity index (χ2v) is 5.32. The van der Waals surface area contributed by atoms with Crippen molar-refractivity contribution in [3.8, 4) is 5.75 Å². The first-order chi connectivity index (χ1) is 9.62. The highest BCUT2D eigenvalue weighted by Gasteiger charge is 2.17. The van der Waals surface area contributed by atoms with Gasteiger partial charge in [0.15, 0.2) is 0 Å². The Morgan fingerprint density at radius 1 is 1.25 bits per heavy atom. The largest absolute Gasteiger partial charge is 0.494 e. The third-order valence-electron chi connectivity index (χ3n) is 3.60. The maximum absolute atomic E-state index is 9.19. The average molecular weight is 280 g/mol. The highest BCUT2D eigenvalue weighted by Crippen LogP contribution is 2.19. The fourth-order valence-corrected chi connectivity index (χ4v) is 1.96. The zero-order valence-electron chi connectivity index (χ0n) is 12.8. The van der Waals surface area contributed by atoms with Crippen molar-refractivity contribution in [3.05, 3.63) is 29.8 Å². The number of nitrogens with two attached hydrogens (primary N) is 1. The summed E-state index contributed by atoms with van der Waals surface area (Å²) in [5.41, 5.74) is 7.00. The van der Waals surface area contributed by atoms with Gasteiger partial charge in [0.2, 0.25) is 0 Å². The molecule has 0 saturated carbocycles. The third kappa shape index (κ3) is 5.12. The van der Waals surface area contributed by atoms with E-state index in [1.807, 2.05) is 31.2 Å². The van der Waals surface area contributed by atoms with E-state index in [-0.39, 0.29) is 24.6 Å². The number of aliphatic hydroxyl groups excluding tert-OH is 1. The SMILES string of the molecule is CCCOc1ccc(C(CN)NC(C)C(C)CO)cc1. The molecule has 0 aromatic heterocycles. The minimum atomic E-state index is 0.0965. The number of ether oxygens (including phenoxy) is 1. The summed E-state index contributed by atoms with van der Waals surface area (Å²) < 4.78 is 5.58. The van der Waals surface area contributed by atoms with Crippen molar-refractivity contribution in [1.82, 2.24) is 5.32 Å². The molecule has 1 aromatic carbocycles. The number of hydrogen-bond acceptors (Lipinski definition) is 4. The number of rotatable bonds is 9. The molecule has 4 heteroatoms. The molecule has 20 heavy (non-hydrogen) atoms. The Kier molecular flexibility index (Phi) is 7.59. The van der Waals surface area contributed by atoms with Gasteiger partial charge in [-0.3, -0.25) is 0 Å². The molecule has 1 rings (SSSR count). The van der Waals surface area contributed by atoms with Crippen molar-refractivity contribution < 1.29 is 9.84 Å². The third-order valence-corrected chi connectivity index (χ3v) is 3.60. The Morgan fingerprint density at radius 3 is 2.40 bits per heavy atom. The molecule has 1 aromatic rings. The van der Waals surface area contributed by atoms with Crippen molar-refractivity contribution in [2.24, 2.45) is 11.7 Å². The van der Waals surface area contributed by atoms with Crippen molar-refractivity contribution in [2.75, 3.05) is 19.8 Å². The van der Waals surface area contributed by atoms with Crippen molar-refractivity contribution >= 4 is 0 Å². The highest BCUT2D eigenvalue weighted by atomic mass is 16.5. The van der Waals surface area contributed by atoms with E-state index in [4.69, 9.17) is 10.5 Å². The first-order valence-electron chi connectivity index (χ1n) is 7.42. The second kappa shape index (κ2) is 8.95. The standard InChI is InChI=1S/C16H28N2O2/c1-4-9-20-15-7-5-14(6-8-15)16(10-17)18-13(3)12(2)11-19/h5-8,12-13,16,18-19H,4,9-11,17H2,1-3H3. The van der Waals surface area contributed by atoms with Crippen LogP contribution in [-0.2, 0) is 0 Å². The summed E-state index contributed by atoms with van der Waals surface area (Å²) in [5.74, 6) is 1.10. The van der Waals surface area contributed by atoms with E-state index in [9.17, 15) is 5.11 Å². The van der Waals surface area contributed by atoms with Crippen LogP contribution in [0.2, 0.25) is 0 Å². The first kappa shape index (κ1) is 17.0. The molecular formula is C16H28N2O2. The van der Waals surface area contributed by atoms with Gasteiger partial charge in [-0.2, -0.15) is 0 Å². The Labute approximate surface area is 122 Å². The van der Waals surface area contributed by atoms with Gasteiger partial charge in [-0.1, -0.05) is 26.0 Å². The molecule has 0 bridgehead atoms. The molecule has 0 saturated heterocycles. The number of aliphatic hydroxyl groups is 1. The molecule has 3 atom stereocenters. The fraction of sp³-hybridized carbons (Fsp3) is 0.625. The summed E-state index contributed by atoms with van der Waals surface area (Å²) in [4.78, 5) is 0. The Balaban J connectivity index is 2.65. The summed E-state index contributed by atoms with van der Waals surface area (Å²) in [6, 6.07) is 8.37. The van der Waals surface area contributed by atoms with Crippen LogP contribution in [0.1, 0.15) is 38.8 Å². The van der Waals surface area contributed by atoms with Gasteiger partial charge in [0.25, 0.3) is 0 Å². The molecule has 114 valence electrons. The maximum Gasteiger partial charge on any atom is 0.119 e. The molecule has 0 aliphatic carbocycles. The predicted octanol–water partition coefficient (Wildman–Crippen LogP) is 2.08. The van der Waals surface area contributed by atoms with E-state index < -0.39 is 0 Å². The normalized spacial score (nSPS) is 15.7. The molecule has 3 unspecified atom stereocenters. The molecule has 0 aliphatic rings. The molecule has 0 radical (unpaired) electrons. The van der Waals surface area contributed by atoms with Crippen LogP contribution in [0, 0.1) is 5.92 Å². The van der Waals surface area contributed by atoms with Gasteiger partial charge in [0.05, 0.1) is 6.61 Å². The van der Waals surface area contributed by atoms with Crippen LogP contribution in [0.15, 0.2) is 24.3 Å². The van der Waals surface area contributed by atoms with Crippen LogP contribution in [0.25, 0.3) is 0 Å². The topological polar surface area (TPSA) is 67.5 Å². The molecule has 4 N–H and O–H groups in total. The Morgan fingerprint density at radius 2 is 1.90 bits per heavy atom. The van der Waals surface area contributed by atoms with Gasteiger partial charge in [-0.15, -0.1) is 0 Å². The van der Waals surface area contributed by atoms with Gasteiger partial charge in [0.1, 0.15) is 5.75 Å². The average Bonchev–Trinajstić information content (AvgIpc) is 2.50. The second-order valence-electron chi connectivity index (χ2n) is 5.32. The van der Waals surface area contributed by atoms with Crippen LogP contribution in [-0.4, -0.2) is 30.9 Å². The summed E-state index contributed by atoms with van der Waals surface area (Å²) in [5, 5.41) is 12.7. The molecule has 0 heterocycles. The van der Waals surface area contributed by atoms with Crippen LogP contribution >= 0.6 is 0 Å². The summed E-state index contributed by atoms with van der Waals surface area (Å²) >= 11 is 0. The van der Waals surface area contributed by atoms with E-state index in [2.05, 4.69) is 19.2 Å². The number of nitrogens with one attached hydrogen (secondary N) is 1. The zero-order chi connectivity index (χ0) is 15.0. The minimum absolute atomic E-state index is 0.0965. The quantitative estimate of drug-likeness (QED) is 0.648.